The van der Waals surface area contributed by atoms with Gasteiger partial charge in [0.1, 0.15) is 0 Å². The molecule has 0 aliphatic heterocycles. The molecule has 0 saturated heterocycles. The van der Waals surface area contributed by atoms with E-state index in [1.165, 1.54) is 15.4 Å². The van der Waals surface area contributed by atoms with E-state index < -0.39 is 0 Å². The van der Waals surface area contributed by atoms with Crippen LogP contribution in [0, 0.1) is 11.8 Å². The Morgan fingerprint density at radius 1 is 1.22 bits per heavy atom. The van der Waals surface area contributed by atoms with Crippen LogP contribution >= 0.6 is 0 Å². The molecule has 1 heteroatoms. The van der Waals surface area contributed by atoms with Gasteiger partial charge in [-0.1, -0.05) is 25.8 Å². The molecule has 3 atom stereocenters. The van der Waals surface area contributed by atoms with Gasteiger partial charge < -0.3 is 0 Å². The summed E-state index contributed by atoms with van der Waals surface area (Å²) in [4.78, 5) is 0. The van der Waals surface area contributed by atoms with E-state index in [0.29, 0.717) is 0 Å². The predicted octanol–water partition coefficient (Wildman–Crippen LogP) is 2.35. The third-order valence-corrected chi connectivity index (χ3v) is 4.56. The Kier molecular flexibility index (Phi) is 1.40. The van der Waals surface area contributed by atoms with E-state index in [2.05, 4.69) is 6.55 Å². The van der Waals surface area contributed by atoms with Crippen LogP contribution in [0.2, 0.25) is 12.1 Å². The standard InChI is InChI=1S/C8H14Si/c1-9-8-5-6-2-3-7(8)4-6/h6-8H,2-5H2,1H3. The second kappa shape index (κ2) is 2.12. The summed E-state index contributed by atoms with van der Waals surface area (Å²) in [6.45, 7) is 2.38. The number of fused-ring (bicyclic) bond motifs is 2. The van der Waals surface area contributed by atoms with Gasteiger partial charge in [-0.25, -0.2) is 0 Å². The minimum absolute atomic E-state index is 1.16. The lowest BCUT2D eigenvalue weighted by molar-refractivity contribution is 0.478. The van der Waals surface area contributed by atoms with Crippen LogP contribution in [-0.4, -0.2) is 9.52 Å². The van der Waals surface area contributed by atoms with Gasteiger partial charge in [0.15, 0.2) is 0 Å². The van der Waals surface area contributed by atoms with Crippen LogP contribution in [-0.2, 0) is 0 Å². The van der Waals surface area contributed by atoms with Gasteiger partial charge in [-0.05, 0) is 23.8 Å². The first kappa shape index (κ1) is 5.96. The van der Waals surface area contributed by atoms with Crippen LogP contribution < -0.4 is 0 Å². The van der Waals surface area contributed by atoms with E-state index in [1.54, 1.807) is 25.7 Å². The molecule has 0 nitrogen and oxygen atoms in total. The summed E-state index contributed by atoms with van der Waals surface area (Å²) in [7, 11) is 1.23. The number of hydrogen-bond donors (Lipinski definition) is 0. The van der Waals surface area contributed by atoms with Gasteiger partial charge in [0.25, 0.3) is 0 Å². The average Bonchev–Trinajstić information content (AvgIpc) is 2.45. The van der Waals surface area contributed by atoms with Crippen LogP contribution in [0.5, 0.6) is 0 Å². The van der Waals surface area contributed by atoms with E-state index >= 15 is 0 Å². The molecule has 3 unspecified atom stereocenters. The first-order valence-corrected chi connectivity index (χ1v) is 5.65. The van der Waals surface area contributed by atoms with Gasteiger partial charge in [-0.3, -0.25) is 0 Å². The monoisotopic (exact) mass is 138 g/mol. The molecule has 2 fully saturated rings. The molecule has 0 heterocycles. The molecule has 0 aromatic heterocycles. The highest BCUT2D eigenvalue weighted by molar-refractivity contribution is 6.35. The fraction of sp³-hybridized carbons (Fsp3) is 1.00. The Balaban J connectivity index is 2.01. The fourth-order valence-corrected chi connectivity index (χ4v) is 3.94. The predicted molar refractivity (Wildman–Crippen MR) is 40.8 cm³/mol. The molecule has 2 aliphatic carbocycles. The minimum atomic E-state index is 1.16. The third-order valence-electron chi connectivity index (χ3n) is 3.11. The quantitative estimate of drug-likeness (QED) is 0.488. The van der Waals surface area contributed by atoms with E-state index in [9.17, 15) is 0 Å². The topological polar surface area (TPSA) is 0 Å². The zero-order valence-electron chi connectivity index (χ0n) is 6.06. The Bertz CT molecular complexity index is 111. The van der Waals surface area contributed by atoms with Gasteiger partial charge >= 0.3 is 0 Å². The van der Waals surface area contributed by atoms with Gasteiger partial charge in [-0.15, -0.1) is 0 Å². The average molecular weight is 138 g/mol. The van der Waals surface area contributed by atoms with Crippen molar-refractivity contribution in [2.75, 3.05) is 0 Å². The van der Waals surface area contributed by atoms with Crippen molar-refractivity contribution >= 4 is 9.52 Å². The Morgan fingerprint density at radius 3 is 2.44 bits per heavy atom. The van der Waals surface area contributed by atoms with Crippen molar-refractivity contribution in [2.45, 2.75) is 37.8 Å². The Labute approximate surface area is 59.9 Å². The maximum atomic E-state index is 2.38. The Morgan fingerprint density at radius 2 is 2.11 bits per heavy atom. The van der Waals surface area contributed by atoms with Crippen LogP contribution in [0.25, 0.3) is 0 Å². The molecule has 2 radical (unpaired) electrons. The molecule has 0 aromatic rings. The summed E-state index contributed by atoms with van der Waals surface area (Å²) < 4.78 is 0. The highest BCUT2D eigenvalue weighted by atomic mass is 28.2. The molecule has 0 amide bonds. The lowest BCUT2D eigenvalue weighted by Crippen LogP contribution is -2.08. The van der Waals surface area contributed by atoms with Crippen LogP contribution in [0.4, 0.5) is 0 Å². The molecule has 2 bridgehead atoms. The summed E-state index contributed by atoms with van der Waals surface area (Å²) in [5.41, 5.74) is 1.16. The van der Waals surface area contributed by atoms with Gasteiger partial charge in [0, 0.05) is 9.52 Å². The number of hydrogen-bond acceptors (Lipinski definition) is 0. The fourth-order valence-electron chi connectivity index (χ4n) is 2.60. The summed E-state index contributed by atoms with van der Waals surface area (Å²) in [5, 5.41) is 0. The van der Waals surface area contributed by atoms with Gasteiger partial charge in [0.2, 0.25) is 0 Å². The van der Waals surface area contributed by atoms with Crippen molar-refractivity contribution in [3.05, 3.63) is 0 Å². The lowest BCUT2D eigenvalue weighted by Gasteiger charge is -2.18. The zero-order chi connectivity index (χ0) is 6.27. The molecule has 2 saturated carbocycles. The van der Waals surface area contributed by atoms with E-state index in [4.69, 9.17) is 0 Å². The minimum Gasteiger partial charge on any atom is -0.0731 e. The first-order valence-electron chi connectivity index (χ1n) is 4.07. The van der Waals surface area contributed by atoms with Crippen LogP contribution in [0.3, 0.4) is 0 Å². The largest absolute Gasteiger partial charge is 0.0731 e. The molecule has 2 aliphatic rings. The molecule has 9 heavy (non-hydrogen) atoms. The van der Waals surface area contributed by atoms with Crippen molar-refractivity contribution < 1.29 is 0 Å². The second-order valence-electron chi connectivity index (χ2n) is 3.57. The highest BCUT2D eigenvalue weighted by Gasteiger charge is 2.38. The van der Waals surface area contributed by atoms with Crippen molar-refractivity contribution in [3.63, 3.8) is 0 Å². The van der Waals surface area contributed by atoms with Crippen molar-refractivity contribution in [1.82, 2.24) is 0 Å². The summed E-state index contributed by atoms with van der Waals surface area (Å²) in [6.07, 6.45) is 6.30. The van der Waals surface area contributed by atoms with E-state index in [0.717, 1.165) is 11.5 Å². The second-order valence-corrected chi connectivity index (χ2v) is 4.89. The van der Waals surface area contributed by atoms with Crippen LogP contribution in [0.1, 0.15) is 25.7 Å². The van der Waals surface area contributed by atoms with E-state index in [-0.39, 0.29) is 0 Å². The lowest BCUT2D eigenvalue weighted by atomic mass is 10.0. The van der Waals surface area contributed by atoms with Crippen molar-refractivity contribution in [3.8, 4) is 0 Å². The summed E-state index contributed by atoms with van der Waals surface area (Å²) in [6, 6.07) is 0. The van der Waals surface area contributed by atoms with Crippen molar-refractivity contribution in [2.24, 2.45) is 11.8 Å². The molecule has 2 rings (SSSR count). The maximum Gasteiger partial charge on any atom is 0.0381 e. The number of rotatable bonds is 1. The molecule has 50 valence electrons. The van der Waals surface area contributed by atoms with E-state index in [1.807, 2.05) is 0 Å². The third kappa shape index (κ3) is 0.860. The SMILES string of the molecule is C[Si]C1CC2CCC1C2. The normalized spacial score (nSPS) is 48.3. The van der Waals surface area contributed by atoms with Gasteiger partial charge in [0.05, 0.1) is 0 Å². The molecule has 0 spiro atoms. The summed E-state index contributed by atoms with van der Waals surface area (Å²) >= 11 is 0. The zero-order valence-corrected chi connectivity index (χ0v) is 7.06. The molecule has 0 aromatic carbocycles. The Hall–Kier alpha value is 0.217. The first-order chi connectivity index (χ1) is 4.40. The molecule has 0 N–H and O–H groups in total. The highest BCUT2D eigenvalue weighted by Crippen LogP contribution is 2.50. The smallest absolute Gasteiger partial charge is 0.0381 e. The molecular formula is C8H14Si. The van der Waals surface area contributed by atoms with Crippen molar-refractivity contribution in [1.29, 1.82) is 0 Å². The van der Waals surface area contributed by atoms with Crippen LogP contribution in [0.15, 0.2) is 0 Å². The maximum absolute atomic E-state index is 2.38. The van der Waals surface area contributed by atoms with Gasteiger partial charge in [-0.2, -0.15) is 0 Å². The molecular weight excluding hydrogens is 124 g/mol. The summed E-state index contributed by atoms with van der Waals surface area (Å²) in [5.74, 6) is 2.32.